The lowest BCUT2D eigenvalue weighted by molar-refractivity contribution is 0.222. The van der Waals surface area contributed by atoms with E-state index in [4.69, 9.17) is 0 Å². The summed E-state index contributed by atoms with van der Waals surface area (Å²) in [6.07, 6.45) is 1.39. The van der Waals surface area contributed by atoms with Crippen molar-refractivity contribution in [2.24, 2.45) is 5.92 Å². The first-order chi connectivity index (χ1) is 9.77. The van der Waals surface area contributed by atoms with Gasteiger partial charge in [-0.3, -0.25) is 4.90 Å². The molecule has 1 aliphatic heterocycles. The third kappa shape index (κ3) is 2.09. The first-order valence-corrected chi connectivity index (χ1v) is 8.37. The Morgan fingerprint density at radius 1 is 1.00 bits per heavy atom. The van der Waals surface area contributed by atoms with Gasteiger partial charge in [-0.05, 0) is 23.5 Å². The SMILES string of the molecule is I[C@]12C[C@H]1CN(Cc1ccccc1)[C@H]2c1ccccc1. The molecule has 20 heavy (non-hydrogen) atoms. The van der Waals surface area contributed by atoms with E-state index in [0.717, 1.165) is 12.5 Å². The molecule has 2 fully saturated rings. The molecule has 2 aliphatic rings. The van der Waals surface area contributed by atoms with Crippen molar-refractivity contribution >= 4 is 22.6 Å². The summed E-state index contributed by atoms with van der Waals surface area (Å²) in [4.78, 5) is 2.67. The molecule has 1 saturated heterocycles. The van der Waals surface area contributed by atoms with E-state index in [2.05, 4.69) is 88.2 Å². The van der Waals surface area contributed by atoms with Crippen molar-refractivity contribution in [1.29, 1.82) is 0 Å². The second-order valence-corrected chi connectivity index (χ2v) is 8.06. The number of benzene rings is 2. The number of fused-ring (bicyclic) bond motifs is 1. The Morgan fingerprint density at radius 3 is 2.35 bits per heavy atom. The van der Waals surface area contributed by atoms with Gasteiger partial charge in [0.05, 0.1) is 6.04 Å². The third-order valence-electron chi connectivity index (χ3n) is 4.70. The molecule has 2 aromatic rings. The van der Waals surface area contributed by atoms with Crippen LogP contribution in [0.25, 0.3) is 0 Å². The molecule has 0 N–H and O–H groups in total. The zero-order chi connectivity index (χ0) is 13.6. The average Bonchev–Trinajstić information content (AvgIpc) is 3.03. The largest absolute Gasteiger partial charge is 0.290 e. The van der Waals surface area contributed by atoms with Crippen molar-refractivity contribution in [2.45, 2.75) is 22.4 Å². The molecule has 2 aromatic carbocycles. The average molecular weight is 375 g/mol. The first-order valence-electron chi connectivity index (χ1n) is 7.29. The zero-order valence-electron chi connectivity index (χ0n) is 11.4. The lowest BCUT2D eigenvalue weighted by Crippen LogP contribution is -2.29. The molecule has 0 spiro atoms. The minimum absolute atomic E-state index is 0.480. The fourth-order valence-electron chi connectivity index (χ4n) is 3.66. The number of nitrogens with zero attached hydrogens (tertiary/aromatic N) is 1. The maximum atomic E-state index is 2.72. The van der Waals surface area contributed by atoms with Crippen LogP contribution in [0.1, 0.15) is 23.6 Å². The minimum atomic E-state index is 0.480. The van der Waals surface area contributed by atoms with Gasteiger partial charge in [-0.2, -0.15) is 0 Å². The Labute approximate surface area is 134 Å². The summed E-state index contributed by atoms with van der Waals surface area (Å²) in [6.45, 7) is 2.32. The van der Waals surface area contributed by atoms with Gasteiger partial charge in [0.1, 0.15) is 0 Å². The van der Waals surface area contributed by atoms with Crippen LogP contribution < -0.4 is 0 Å². The summed E-state index contributed by atoms with van der Waals surface area (Å²) >= 11 is 2.72. The number of halogens is 1. The van der Waals surface area contributed by atoms with E-state index in [0.29, 0.717) is 9.46 Å². The summed E-state index contributed by atoms with van der Waals surface area (Å²) in [5.74, 6) is 0.886. The van der Waals surface area contributed by atoms with Crippen molar-refractivity contribution < 1.29 is 0 Å². The Morgan fingerprint density at radius 2 is 1.65 bits per heavy atom. The summed E-state index contributed by atoms with van der Waals surface area (Å²) in [7, 11) is 0. The maximum Gasteiger partial charge on any atom is 0.0500 e. The van der Waals surface area contributed by atoms with Crippen molar-refractivity contribution in [3.63, 3.8) is 0 Å². The number of hydrogen-bond donors (Lipinski definition) is 0. The molecule has 1 heterocycles. The lowest BCUT2D eigenvalue weighted by Gasteiger charge is -2.30. The highest BCUT2D eigenvalue weighted by Crippen LogP contribution is 2.66. The molecule has 4 rings (SSSR count). The summed E-state index contributed by atoms with van der Waals surface area (Å²) in [5, 5.41) is 0. The highest BCUT2D eigenvalue weighted by atomic mass is 127. The first kappa shape index (κ1) is 12.8. The molecular formula is C18H18IN. The predicted octanol–water partition coefficient (Wildman–Crippen LogP) is 4.44. The molecule has 1 nitrogen and oxygen atoms in total. The van der Waals surface area contributed by atoms with E-state index in [9.17, 15) is 0 Å². The summed E-state index contributed by atoms with van der Waals surface area (Å²) < 4.78 is 0.480. The molecular weight excluding hydrogens is 357 g/mol. The Kier molecular flexibility index (Phi) is 3.11. The van der Waals surface area contributed by atoms with E-state index in [1.807, 2.05) is 0 Å². The van der Waals surface area contributed by atoms with Gasteiger partial charge in [-0.1, -0.05) is 83.3 Å². The molecule has 0 unspecified atom stereocenters. The van der Waals surface area contributed by atoms with Gasteiger partial charge in [-0.15, -0.1) is 0 Å². The Bertz CT molecular complexity index is 597. The fraction of sp³-hybridized carbons (Fsp3) is 0.333. The quantitative estimate of drug-likeness (QED) is 0.567. The normalized spacial score (nSPS) is 32.0. The van der Waals surface area contributed by atoms with Crippen LogP contribution in [0.4, 0.5) is 0 Å². The van der Waals surface area contributed by atoms with Gasteiger partial charge >= 0.3 is 0 Å². The van der Waals surface area contributed by atoms with Crippen LogP contribution in [0.2, 0.25) is 0 Å². The zero-order valence-corrected chi connectivity index (χ0v) is 13.5. The second-order valence-electron chi connectivity index (χ2n) is 6.06. The Balaban J connectivity index is 1.63. The molecule has 0 radical (unpaired) electrons. The van der Waals surface area contributed by atoms with Gasteiger partial charge in [0.15, 0.2) is 0 Å². The van der Waals surface area contributed by atoms with Gasteiger partial charge in [0.25, 0.3) is 0 Å². The predicted molar refractivity (Wildman–Crippen MR) is 90.9 cm³/mol. The number of rotatable bonds is 3. The second kappa shape index (κ2) is 4.85. The van der Waals surface area contributed by atoms with Crippen LogP contribution in [-0.2, 0) is 6.54 Å². The van der Waals surface area contributed by atoms with Crippen LogP contribution in [0, 0.1) is 5.92 Å². The summed E-state index contributed by atoms with van der Waals surface area (Å²) in [5.41, 5.74) is 2.91. The van der Waals surface area contributed by atoms with Crippen LogP contribution >= 0.6 is 22.6 Å². The molecule has 1 saturated carbocycles. The molecule has 0 bridgehead atoms. The molecule has 0 aromatic heterocycles. The van der Waals surface area contributed by atoms with Crippen molar-refractivity contribution in [1.82, 2.24) is 4.90 Å². The van der Waals surface area contributed by atoms with Crippen LogP contribution in [0.5, 0.6) is 0 Å². The number of likely N-dealkylation sites (tertiary alicyclic amines) is 1. The molecule has 3 atom stereocenters. The monoisotopic (exact) mass is 375 g/mol. The van der Waals surface area contributed by atoms with Crippen molar-refractivity contribution in [3.8, 4) is 0 Å². The van der Waals surface area contributed by atoms with E-state index in [-0.39, 0.29) is 0 Å². The van der Waals surface area contributed by atoms with Crippen LogP contribution in [0.3, 0.4) is 0 Å². The summed E-state index contributed by atoms with van der Waals surface area (Å²) in [6, 6.07) is 22.5. The Hall–Kier alpha value is -0.870. The maximum absolute atomic E-state index is 2.72. The fourth-order valence-corrected chi connectivity index (χ4v) is 5.14. The van der Waals surface area contributed by atoms with Crippen LogP contribution in [-0.4, -0.2) is 14.9 Å². The van der Waals surface area contributed by atoms with E-state index in [1.54, 1.807) is 0 Å². The van der Waals surface area contributed by atoms with Gasteiger partial charge < -0.3 is 0 Å². The third-order valence-corrected chi connectivity index (χ3v) is 6.61. The topological polar surface area (TPSA) is 3.24 Å². The van der Waals surface area contributed by atoms with Crippen molar-refractivity contribution in [3.05, 3.63) is 71.8 Å². The van der Waals surface area contributed by atoms with Gasteiger partial charge in [-0.25, -0.2) is 0 Å². The number of hydrogen-bond acceptors (Lipinski definition) is 1. The van der Waals surface area contributed by atoms with E-state index >= 15 is 0 Å². The lowest BCUT2D eigenvalue weighted by atomic mass is 10.0. The molecule has 1 aliphatic carbocycles. The molecule has 2 heteroatoms. The number of piperidine rings is 1. The van der Waals surface area contributed by atoms with Gasteiger partial charge in [0, 0.05) is 16.5 Å². The van der Waals surface area contributed by atoms with E-state index in [1.165, 1.54) is 24.1 Å². The molecule has 0 amide bonds. The highest BCUT2D eigenvalue weighted by molar-refractivity contribution is 14.1. The van der Waals surface area contributed by atoms with Crippen LogP contribution in [0.15, 0.2) is 60.7 Å². The highest BCUT2D eigenvalue weighted by Gasteiger charge is 2.64. The standard InChI is InChI=1S/C18H18IN/c19-18-11-16(18)13-20(12-14-7-3-1-4-8-14)17(18)15-9-5-2-6-10-15/h1-10,16-17H,11-13H2/t16-,17-,18+/m0/s1. The van der Waals surface area contributed by atoms with E-state index < -0.39 is 0 Å². The minimum Gasteiger partial charge on any atom is -0.290 e. The number of alkyl halides is 1. The van der Waals surface area contributed by atoms with Crippen molar-refractivity contribution in [2.75, 3.05) is 6.54 Å². The van der Waals surface area contributed by atoms with Gasteiger partial charge in [0.2, 0.25) is 0 Å². The molecule has 102 valence electrons. The smallest absolute Gasteiger partial charge is 0.0500 e.